The minimum Gasteiger partial charge on any atom is -0.349 e. The van der Waals surface area contributed by atoms with Crippen molar-refractivity contribution in [3.05, 3.63) is 106 Å². The van der Waals surface area contributed by atoms with Crippen molar-refractivity contribution >= 4 is 5.91 Å². The number of halogens is 2. The normalized spacial score (nSPS) is 12.2. The van der Waals surface area contributed by atoms with Gasteiger partial charge in [0.1, 0.15) is 11.6 Å². The van der Waals surface area contributed by atoms with E-state index in [9.17, 15) is 13.6 Å². The molecule has 0 saturated heterocycles. The molecule has 3 rings (SSSR count). The highest BCUT2D eigenvalue weighted by Crippen LogP contribution is 2.15. The summed E-state index contributed by atoms with van der Waals surface area (Å²) in [5, 5.41) is 6.62. The predicted molar refractivity (Wildman–Crippen MR) is 169 cm³/mol. The third-order valence-corrected chi connectivity index (χ3v) is 7.68. The van der Waals surface area contributed by atoms with Crippen LogP contribution in [0, 0.1) is 18.6 Å². The molecule has 0 aliphatic rings. The van der Waals surface area contributed by atoms with Crippen LogP contribution in [0.3, 0.4) is 0 Å². The van der Waals surface area contributed by atoms with Crippen LogP contribution in [0.1, 0.15) is 65.4 Å². The number of likely N-dealkylation sites (N-methyl/N-ethyl adjacent to an activating group) is 2. The minimum absolute atomic E-state index is 0.178. The van der Waals surface area contributed by atoms with E-state index in [4.69, 9.17) is 0 Å². The molecule has 0 aliphatic carbocycles. The van der Waals surface area contributed by atoms with E-state index >= 15 is 0 Å². The number of aryl methyl sites for hydroxylation is 2. The Morgan fingerprint density at radius 1 is 0.857 bits per heavy atom. The van der Waals surface area contributed by atoms with Crippen molar-refractivity contribution in [3.8, 4) is 0 Å². The standard InChI is InChI=1S/C35H48F2N4O/c1-6-27-10-9-11-28(18-27)24-38-13-12-34(22-29-20-32(36)23-33(37)21-29)39-35(42)31-17-26(4)16-30(19-31)25-40(5)14-15-41(7-2)8-3/h9-11,16-21,23,34,38H,6-8,12-15,22,24-25H2,1-5H3,(H,39,42)/t34-/m1/s1. The van der Waals surface area contributed by atoms with E-state index in [1.54, 1.807) is 0 Å². The van der Waals surface area contributed by atoms with Gasteiger partial charge in [-0.05, 0) is 99.4 Å². The molecule has 0 saturated carbocycles. The first-order valence-corrected chi connectivity index (χ1v) is 15.2. The smallest absolute Gasteiger partial charge is 0.251 e. The lowest BCUT2D eigenvalue weighted by molar-refractivity contribution is 0.0934. The molecule has 42 heavy (non-hydrogen) atoms. The molecule has 7 heteroatoms. The zero-order chi connectivity index (χ0) is 30.5. The number of nitrogens with zero attached hydrogens (tertiary/aromatic N) is 2. The molecule has 1 atom stereocenters. The first-order valence-electron chi connectivity index (χ1n) is 15.2. The summed E-state index contributed by atoms with van der Waals surface area (Å²) in [7, 11) is 2.10. The Labute approximate surface area is 251 Å². The second-order valence-electron chi connectivity index (χ2n) is 11.3. The van der Waals surface area contributed by atoms with Crippen LogP contribution < -0.4 is 10.6 Å². The number of nitrogens with one attached hydrogen (secondary N) is 2. The van der Waals surface area contributed by atoms with E-state index in [0.717, 1.165) is 56.3 Å². The number of amides is 1. The molecule has 0 heterocycles. The van der Waals surface area contributed by atoms with Gasteiger partial charge >= 0.3 is 0 Å². The van der Waals surface area contributed by atoms with E-state index in [1.807, 2.05) is 19.1 Å². The van der Waals surface area contributed by atoms with Crippen LogP contribution >= 0.6 is 0 Å². The predicted octanol–water partition coefficient (Wildman–Crippen LogP) is 6.13. The summed E-state index contributed by atoms with van der Waals surface area (Å²) in [4.78, 5) is 18.2. The highest BCUT2D eigenvalue weighted by atomic mass is 19.1. The molecule has 1 amide bonds. The first-order chi connectivity index (χ1) is 20.2. The van der Waals surface area contributed by atoms with E-state index in [0.29, 0.717) is 37.1 Å². The Kier molecular flexibility index (Phi) is 13.6. The lowest BCUT2D eigenvalue weighted by Crippen LogP contribution is -2.38. The van der Waals surface area contributed by atoms with Gasteiger partial charge in [-0.1, -0.05) is 56.7 Å². The second kappa shape index (κ2) is 17.1. The monoisotopic (exact) mass is 578 g/mol. The fourth-order valence-corrected chi connectivity index (χ4v) is 5.30. The Bertz CT molecular complexity index is 1260. The number of hydrogen-bond donors (Lipinski definition) is 2. The largest absolute Gasteiger partial charge is 0.349 e. The fraction of sp³-hybridized carbons (Fsp3) is 0.457. The maximum atomic E-state index is 13.9. The molecule has 0 spiro atoms. The molecular formula is C35H48F2N4O. The van der Waals surface area contributed by atoms with Crippen LogP contribution in [-0.4, -0.2) is 61.5 Å². The Balaban J connectivity index is 1.67. The van der Waals surface area contributed by atoms with Crippen molar-refractivity contribution in [2.45, 2.75) is 66.1 Å². The van der Waals surface area contributed by atoms with Crippen molar-refractivity contribution < 1.29 is 13.6 Å². The second-order valence-corrected chi connectivity index (χ2v) is 11.3. The van der Waals surface area contributed by atoms with E-state index < -0.39 is 11.6 Å². The maximum Gasteiger partial charge on any atom is 0.251 e. The number of benzene rings is 3. The highest BCUT2D eigenvalue weighted by molar-refractivity contribution is 5.94. The molecule has 0 aliphatic heterocycles. The lowest BCUT2D eigenvalue weighted by Gasteiger charge is -2.23. The summed E-state index contributed by atoms with van der Waals surface area (Å²) in [6.07, 6.45) is 1.93. The van der Waals surface area contributed by atoms with Crippen LogP contribution in [-0.2, 0) is 25.9 Å². The van der Waals surface area contributed by atoms with Gasteiger partial charge in [-0.25, -0.2) is 8.78 Å². The molecule has 3 aromatic carbocycles. The molecule has 0 radical (unpaired) electrons. The highest BCUT2D eigenvalue weighted by Gasteiger charge is 2.17. The Morgan fingerprint density at radius 2 is 1.57 bits per heavy atom. The van der Waals surface area contributed by atoms with E-state index in [-0.39, 0.29) is 11.9 Å². The molecule has 0 unspecified atom stereocenters. The number of carbonyl (C=O) groups is 1. The van der Waals surface area contributed by atoms with Crippen molar-refractivity contribution in [1.29, 1.82) is 0 Å². The third-order valence-electron chi connectivity index (χ3n) is 7.68. The van der Waals surface area contributed by atoms with Gasteiger partial charge in [0.05, 0.1) is 0 Å². The molecule has 5 nitrogen and oxygen atoms in total. The molecule has 3 aromatic rings. The van der Waals surface area contributed by atoms with Crippen molar-refractivity contribution in [2.75, 3.05) is 39.8 Å². The van der Waals surface area contributed by atoms with Crippen molar-refractivity contribution in [3.63, 3.8) is 0 Å². The Morgan fingerprint density at radius 3 is 2.26 bits per heavy atom. The molecule has 0 aromatic heterocycles. The first kappa shape index (κ1) is 33.4. The quantitative estimate of drug-likeness (QED) is 0.189. The summed E-state index contributed by atoms with van der Waals surface area (Å²) in [5.74, 6) is -1.40. The van der Waals surface area contributed by atoms with Crippen LogP contribution in [0.2, 0.25) is 0 Å². The van der Waals surface area contributed by atoms with E-state index in [2.05, 4.69) is 78.6 Å². The Hall–Kier alpha value is -3.13. The van der Waals surface area contributed by atoms with Gasteiger partial charge in [0.25, 0.3) is 5.91 Å². The molecule has 228 valence electrons. The van der Waals surface area contributed by atoms with Crippen LogP contribution in [0.5, 0.6) is 0 Å². The minimum atomic E-state index is -0.613. The van der Waals surface area contributed by atoms with Gasteiger partial charge in [0.2, 0.25) is 0 Å². The fourth-order valence-electron chi connectivity index (χ4n) is 5.30. The molecule has 2 N–H and O–H groups in total. The number of hydrogen-bond acceptors (Lipinski definition) is 4. The van der Waals surface area contributed by atoms with Crippen LogP contribution in [0.4, 0.5) is 8.78 Å². The lowest BCUT2D eigenvalue weighted by atomic mass is 10.0. The van der Waals surface area contributed by atoms with Gasteiger partial charge in [-0.15, -0.1) is 0 Å². The average molecular weight is 579 g/mol. The van der Waals surface area contributed by atoms with Gasteiger partial charge in [-0.2, -0.15) is 0 Å². The van der Waals surface area contributed by atoms with Gasteiger partial charge in [-0.3, -0.25) is 4.79 Å². The summed E-state index contributed by atoms with van der Waals surface area (Å²) in [6.45, 7) is 14.6. The topological polar surface area (TPSA) is 47.6 Å². The van der Waals surface area contributed by atoms with Gasteiger partial charge < -0.3 is 20.4 Å². The molecule has 0 fully saturated rings. The summed E-state index contributed by atoms with van der Waals surface area (Å²) in [6, 6.07) is 17.7. The van der Waals surface area contributed by atoms with Crippen LogP contribution in [0.25, 0.3) is 0 Å². The number of rotatable bonds is 17. The van der Waals surface area contributed by atoms with Gasteiger partial charge in [0, 0.05) is 43.9 Å². The SMILES string of the molecule is CCc1cccc(CNCC[C@H](Cc2cc(F)cc(F)c2)NC(=O)c2cc(C)cc(CN(C)CCN(CC)CC)c2)c1. The zero-order valence-corrected chi connectivity index (χ0v) is 26.0. The maximum absolute atomic E-state index is 13.9. The molecule has 0 bridgehead atoms. The van der Waals surface area contributed by atoms with Crippen molar-refractivity contribution in [1.82, 2.24) is 20.4 Å². The molecular weight excluding hydrogens is 530 g/mol. The van der Waals surface area contributed by atoms with Crippen molar-refractivity contribution in [2.24, 2.45) is 0 Å². The van der Waals surface area contributed by atoms with Gasteiger partial charge in [0.15, 0.2) is 0 Å². The average Bonchev–Trinajstić information content (AvgIpc) is 2.95. The van der Waals surface area contributed by atoms with E-state index in [1.165, 1.54) is 23.3 Å². The summed E-state index contributed by atoms with van der Waals surface area (Å²) in [5.41, 5.74) is 5.73. The third kappa shape index (κ3) is 11.3. The zero-order valence-electron chi connectivity index (χ0n) is 26.0. The summed E-state index contributed by atoms with van der Waals surface area (Å²) >= 11 is 0. The van der Waals surface area contributed by atoms with Crippen LogP contribution in [0.15, 0.2) is 60.7 Å². The number of carbonyl (C=O) groups excluding carboxylic acids is 1. The summed E-state index contributed by atoms with van der Waals surface area (Å²) < 4.78 is 27.9.